The van der Waals surface area contributed by atoms with Crippen LogP contribution in [0.5, 0.6) is 5.75 Å². The Balaban J connectivity index is 2.25. The minimum Gasteiger partial charge on any atom is -0.497 e. The van der Waals surface area contributed by atoms with Crippen molar-refractivity contribution in [2.75, 3.05) is 7.11 Å². The second-order valence-corrected chi connectivity index (χ2v) is 6.92. The third kappa shape index (κ3) is 5.15. The van der Waals surface area contributed by atoms with E-state index in [0.717, 1.165) is 18.2 Å². The van der Waals surface area contributed by atoms with Crippen molar-refractivity contribution < 1.29 is 8.85 Å². The Morgan fingerprint density at radius 2 is 1.87 bits per heavy atom. The topological polar surface area (TPSA) is 18.5 Å². The first-order valence-electron chi connectivity index (χ1n) is 5.05. The molecule has 2 nitrogen and oxygen atoms in total. The monoisotopic (exact) mass is 237 g/mol. The van der Waals surface area contributed by atoms with Gasteiger partial charge in [-0.2, -0.15) is 0 Å². The van der Waals surface area contributed by atoms with Crippen LogP contribution in [-0.2, 0) is 10.5 Å². The van der Waals surface area contributed by atoms with E-state index in [4.69, 9.17) is 8.85 Å². The fourth-order valence-electron chi connectivity index (χ4n) is 1.18. The van der Waals surface area contributed by atoms with E-state index in [1.165, 1.54) is 5.56 Å². The normalized spacial score (nSPS) is 10.7. The predicted octanol–water partition coefficient (Wildman–Crippen LogP) is 2.54. The van der Waals surface area contributed by atoms with Crippen molar-refractivity contribution in [1.82, 2.24) is 0 Å². The molecule has 0 N–H and O–H groups in total. The van der Waals surface area contributed by atoms with Crippen LogP contribution in [0.1, 0.15) is 5.56 Å². The van der Waals surface area contributed by atoms with Gasteiger partial charge >= 0.3 is 0 Å². The van der Waals surface area contributed by atoms with Crippen LogP contribution in [0.3, 0.4) is 0 Å². The maximum atomic E-state index is 5.61. The van der Waals surface area contributed by atoms with E-state index in [2.05, 4.69) is 25.2 Å². The molecule has 0 saturated carbocycles. The van der Waals surface area contributed by atoms with Crippen molar-refractivity contribution in [2.24, 2.45) is 0 Å². The van der Waals surface area contributed by atoms with Gasteiger partial charge in [-0.1, -0.05) is 12.1 Å². The summed E-state index contributed by atoms with van der Waals surface area (Å²) in [7, 11) is 1.83. The molecule has 0 heterocycles. The van der Waals surface area contributed by atoms with Gasteiger partial charge in [0.15, 0.2) is 9.04 Å². The SMILES string of the molecule is COc1ccc(CC[Si]O[Si](C)C)cc1. The average molecular weight is 237 g/mol. The number of rotatable bonds is 6. The molecule has 0 bridgehead atoms. The number of aryl methyl sites for hydroxylation is 1. The molecule has 0 atom stereocenters. The lowest BCUT2D eigenvalue weighted by molar-refractivity contribution is 0.414. The zero-order valence-electron chi connectivity index (χ0n) is 9.54. The molecule has 0 spiro atoms. The standard InChI is InChI=1S/C11H17O2Si2/c1-12-11-6-4-10(5-7-11)8-9-14-13-15(2)3/h4-7H,8-9H2,1-3H3. The van der Waals surface area contributed by atoms with E-state index in [1.54, 1.807) is 7.11 Å². The van der Waals surface area contributed by atoms with Crippen molar-refractivity contribution in [3.8, 4) is 5.75 Å². The molecule has 0 saturated heterocycles. The number of ether oxygens (including phenoxy) is 1. The lowest BCUT2D eigenvalue weighted by Crippen LogP contribution is -2.11. The molecule has 81 valence electrons. The third-order valence-electron chi connectivity index (χ3n) is 1.95. The van der Waals surface area contributed by atoms with Crippen LogP contribution in [0.4, 0.5) is 0 Å². The van der Waals surface area contributed by atoms with Crippen LogP contribution < -0.4 is 4.74 Å². The van der Waals surface area contributed by atoms with E-state index in [9.17, 15) is 0 Å². The second kappa shape index (κ2) is 6.82. The first-order valence-corrected chi connectivity index (χ1v) is 8.57. The molecule has 0 amide bonds. The van der Waals surface area contributed by atoms with E-state index >= 15 is 0 Å². The van der Waals surface area contributed by atoms with E-state index < -0.39 is 9.04 Å². The Hall–Kier alpha value is -0.586. The van der Waals surface area contributed by atoms with E-state index in [-0.39, 0.29) is 0 Å². The molecule has 0 aliphatic carbocycles. The highest BCUT2D eigenvalue weighted by Gasteiger charge is 1.99. The molecule has 0 unspecified atom stereocenters. The summed E-state index contributed by atoms with van der Waals surface area (Å²) in [6.45, 7) is 4.34. The van der Waals surface area contributed by atoms with E-state index in [1.807, 2.05) is 12.1 Å². The Labute approximate surface area is 96.3 Å². The molecule has 1 aromatic carbocycles. The summed E-state index contributed by atoms with van der Waals surface area (Å²) < 4.78 is 10.7. The Kier molecular flexibility index (Phi) is 5.67. The van der Waals surface area contributed by atoms with Crippen molar-refractivity contribution >= 4 is 18.8 Å². The summed E-state index contributed by atoms with van der Waals surface area (Å²) in [5.74, 6) is 0.921. The third-order valence-corrected chi connectivity index (χ3v) is 4.62. The Morgan fingerprint density at radius 1 is 1.20 bits per heavy atom. The van der Waals surface area contributed by atoms with E-state index in [0.29, 0.717) is 9.76 Å². The summed E-state index contributed by atoms with van der Waals surface area (Å²) in [5, 5.41) is 0. The summed E-state index contributed by atoms with van der Waals surface area (Å²) in [6, 6.07) is 9.38. The Morgan fingerprint density at radius 3 is 2.40 bits per heavy atom. The minimum absolute atomic E-state index is 0.507. The maximum absolute atomic E-state index is 5.61. The number of hydrogen-bond donors (Lipinski definition) is 0. The zero-order chi connectivity index (χ0) is 11.1. The van der Waals surface area contributed by atoms with Crippen molar-refractivity contribution in [3.05, 3.63) is 29.8 Å². The summed E-state index contributed by atoms with van der Waals surface area (Å²) in [4.78, 5) is 0. The molecular weight excluding hydrogens is 220 g/mol. The van der Waals surface area contributed by atoms with Crippen molar-refractivity contribution in [2.45, 2.75) is 25.6 Å². The van der Waals surface area contributed by atoms with Gasteiger partial charge < -0.3 is 8.85 Å². The van der Waals surface area contributed by atoms with Gasteiger partial charge in [0.25, 0.3) is 0 Å². The Bertz CT molecular complexity index is 272. The molecule has 15 heavy (non-hydrogen) atoms. The van der Waals surface area contributed by atoms with Crippen LogP contribution in [0.25, 0.3) is 0 Å². The van der Waals surface area contributed by atoms with Crippen LogP contribution >= 0.6 is 0 Å². The highest BCUT2D eigenvalue weighted by Crippen LogP contribution is 2.12. The number of hydrogen-bond acceptors (Lipinski definition) is 2. The summed E-state index contributed by atoms with van der Waals surface area (Å²) in [6.07, 6.45) is 1.09. The average Bonchev–Trinajstić information content (AvgIpc) is 2.25. The van der Waals surface area contributed by atoms with Gasteiger partial charge in [0.05, 0.1) is 7.11 Å². The van der Waals surface area contributed by atoms with Crippen molar-refractivity contribution in [3.63, 3.8) is 0 Å². The van der Waals surface area contributed by atoms with Crippen LogP contribution in [0.2, 0.25) is 19.1 Å². The summed E-state index contributed by atoms with van der Waals surface area (Å²) in [5.41, 5.74) is 1.35. The fourth-order valence-corrected chi connectivity index (χ4v) is 3.14. The van der Waals surface area contributed by atoms with Gasteiger partial charge in [0.1, 0.15) is 5.75 Å². The first-order chi connectivity index (χ1) is 7.22. The van der Waals surface area contributed by atoms with Gasteiger partial charge in [-0.15, -0.1) is 0 Å². The highest BCUT2D eigenvalue weighted by molar-refractivity contribution is 6.56. The van der Waals surface area contributed by atoms with Crippen molar-refractivity contribution in [1.29, 1.82) is 0 Å². The van der Waals surface area contributed by atoms with Gasteiger partial charge in [0, 0.05) is 0 Å². The minimum atomic E-state index is -0.507. The predicted molar refractivity (Wildman–Crippen MR) is 65.8 cm³/mol. The van der Waals surface area contributed by atoms with Crippen LogP contribution in [-0.4, -0.2) is 25.9 Å². The van der Waals surface area contributed by atoms with Gasteiger partial charge in [0.2, 0.25) is 9.76 Å². The first kappa shape index (κ1) is 12.5. The van der Waals surface area contributed by atoms with Crippen LogP contribution in [0.15, 0.2) is 24.3 Å². The molecule has 1 aromatic rings. The number of methoxy groups -OCH3 is 1. The molecule has 0 aromatic heterocycles. The largest absolute Gasteiger partial charge is 0.497 e. The quantitative estimate of drug-likeness (QED) is 0.559. The van der Waals surface area contributed by atoms with Gasteiger partial charge in [-0.05, 0) is 43.3 Å². The molecule has 3 radical (unpaired) electrons. The fraction of sp³-hybridized carbons (Fsp3) is 0.455. The summed E-state index contributed by atoms with van der Waals surface area (Å²) >= 11 is 0. The lowest BCUT2D eigenvalue weighted by atomic mass is 10.2. The highest BCUT2D eigenvalue weighted by atomic mass is 28.3. The molecule has 4 heteroatoms. The molecule has 0 aliphatic rings. The second-order valence-electron chi connectivity index (χ2n) is 3.50. The molecule has 0 fully saturated rings. The van der Waals surface area contributed by atoms with Gasteiger partial charge in [-0.25, -0.2) is 0 Å². The van der Waals surface area contributed by atoms with Crippen LogP contribution in [0, 0.1) is 0 Å². The molecule has 0 aliphatic heterocycles. The molecular formula is C11H17O2Si2. The lowest BCUT2D eigenvalue weighted by Gasteiger charge is -2.05. The molecule has 1 rings (SSSR count). The smallest absolute Gasteiger partial charge is 0.215 e. The maximum Gasteiger partial charge on any atom is 0.215 e. The zero-order valence-corrected chi connectivity index (χ0v) is 11.5. The number of benzene rings is 1. The van der Waals surface area contributed by atoms with Gasteiger partial charge in [-0.3, -0.25) is 0 Å².